The normalized spacial score (nSPS) is 12.2. The predicted molar refractivity (Wildman–Crippen MR) is 208 cm³/mol. The van der Waals surface area contributed by atoms with Gasteiger partial charge in [0, 0.05) is 27.3 Å². The Morgan fingerprint density at radius 1 is 0.320 bits per heavy atom. The number of fused-ring (bicyclic) bond motifs is 7. The van der Waals surface area contributed by atoms with Crippen molar-refractivity contribution in [3.63, 3.8) is 0 Å². The average Bonchev–Trinajstić information content (AvgIpc) is 3.55. The van der Waals surface area contributed by atoms with E-state index in [1.54, 1.807) is 0 Å². The minimum Gasteiger partial charge on any atom is -0.456 e. The largest absolute Gasteiger partial charge is 0.456 e. The Bertz CT molecular complexity index is 2950. The second-order valence-corrected chi connectivity index (χ2v) is 13.1. The van der Waals surface area contributed by atoms with Crippen molar-refractivity contribution in [3.8, 4) is 56.0 Å². The number of rotatable bonds is 3. The Morgan fingerprint density at radius 3 is 1.72 bits per heavy atom. The summed E-state index contributed by atoms with van der Waals surface area (Å²) in [5, 5.41) is 9.44. The molecule has 1 aromatic heterocycles. The summed E-state index contributed by atoms with van der Waals surface area (Å²) >= 11 is 0. The van der Waals surface area contributed by atoms with Crippen molar-refractivity contribution in [2.45, 2.75) is 0 Å². The number of furan rings is 1. The first-order valence-corrected chi connectivity index (χ1v) is 17.1. The number of hydrogen-bond acceptors (Lipinski definition) is 2. The molecule has 50 heavy (non-hydrogen) atoms. The fourth-order valence-electron chi connectivity index (χ4n) is 8.35. The Labute approximate surface area is 288 Å². The van der Waals surface area contributed by atoms with E-state index in [2.05, 4.69) is 158 Å². The maximum Gasteiger partial charge on any atom is 0.135 e. The molecule has 1 aliphatic heterocycles. The quantitative estimate of drug-likeness (QED) is 0.180. The lowest BCUT2D eigenvalue weighted by atomic mass is 9.78. The van der Waals surface area contributed by atoms with Crippen LogP contribution < -0.4 is 4.74 Å². The Morgan fingerprint density at radius 2 is 0.940 bits per heavy atom. The van der Waals surface area contributed by atoms with E-state index in [4.69, 9.17) is 9.15 Å². The summed E-state index contributed by atoms with van der Waals surface area (Å²) in [6.45, 7) is 0. The Hall–Kier alpha value is -6.64. The summed E-state index contributed by atoms with van der Waals surface area (Å²) in [4.78, 5) is 0. The summed E-state index contributed by atoms with van der Waals surface area (Å²) in [5.41, 5.74) is 11.4. The maximum atomic E-state index is 6.59. The molecule has 0 aliphatic carbocycles. The van der Waals surface area contributed by atoms with Crippen LogP contribution >= 0.6 is 0 Å². The summed E-state index contributed by atoms with van der Waals surface area (Å²) in [7, 11) is 0. The first kappa shape index (κ1) is 27.3. The van der Waals surface area contributed by atoms with Crippen LogP contribution in [-0.4, -0.2) is 0 Å². The molecular formula is C48H28O2. The zero-order chi connectivity index (χ0) is 32.8. The van der Waals surface area contributed by atoms with Crippen LogP contribution in [0.5, 0.6) is 11.5 Å². The van der Waals surface area contributed by atoms with Crippen molar-refractivity contribution < 1.29 is 9.15 Å². The first-order valence-electron chi connectivity index (χ1n) is 17.1. The van der Waals surface area contributed by atoms with Gasteiger partial charge in [-0.3, -0.25) is 0 Å². The molecule has 9 aromatic carbocycles. The topological polar surface area (TPSA) is 22.4 Å². The highest BCUT2D eigenvalue weighted by Crippen LogP contribution is 2.56. The van der Waals surface area contributed by atoms with Gasteiger partial charge in [0.2, 0.25) is 0 Å². The van der Waals surface area contributed by atoms with Crippen LogP contribution in [0.1, 0.15) is 0 Å². The van der Waals surface area contributed by atoms with E-state index < -0.39 is 0 Å². The highest BCUT2D eigenvalue weighted by atomic mass is 16.5. The first-order chi connectivity index (χ1) is 24.8. The van der Waals surface area contributed by atoms with Gasteiger partial charge in [-0.25, -0.2) is 0 Å². The molecule has 0 spiro atoms. The summed E-state index contributed by atoms with van der Waals surface area (Å²) < 4.78 is 12.8. The molecule has 0 unspecified atom stereocenters. The number of ether oxygens (including phenoxy) is 1. The Kier molecular flexibility index (Phi) is 5.70. The van der Waals surface area contributed by atoms with Gasteiger partial charge in [-0.1, -0.05) is 133 Å². The zero-order valence-electron chi connectivity index (χ0n) is 27.0. The van der Waals surface area contributed by atoms with Gasteiger partial charge in [0.25, 0.3) is 0 Å². The molecule has 0 fully saturated rings. The van der Waals surface area contributed by atoms with E-state index >= 15 is 0 Å². The second-order valence-electron chi connectivity index (χ2n) is 13.1. The molecule has 0 atom stereocenters. The zero-order valence-corrected chi connectivity index (χ0v) is 27.0. The minimum absolute atomic E-state index is 0.879. The molecule has 0 radical (unpaired) electrons. The van der Waals surface area contributed by atoms with E-state index in [1.807, 2.05) is 12.1 Å². The molecule has 0 saturated carbocycles. The van der Waals surface area contributed by atoms with Crippen LogP contribution in [0, 0.1) is 0 Å². The van der Waals surface area contributed by atoms with Crippen LogP contribution in [0.25, 0.3) is 98.8 Å². The molecule has 2 nitrogen and oxygen atoms in total. The van der Waals surface area contributed by atoms with E-state index in [0.717, 1.165) is 44.4 Å². The summed E-state index contributed by atoms with van der Waals surface area (Å²) in [5.74, 6) is 1.77. The lowest BCUT2D eigenvalue weighted by molar-refractivity contribution is 0.487. The standard InChI is InChI=1S/C48H28O2/c1-2-13-29(14-3-1)38-27-30-15-12-24-43-45(30)47(37-21-9-11-23-41(37)50-43)48(38)46-35-19-6-4-17-33(35)44(34-18-5-7-20-36(34)46)31-25-26-42-39(28-31)32-16-8-10-22-40(32)49-42/h1-28H. The third-order valence-corrected chi connectivity index (χ3v) is 10.4. The monoisotopic (exact) mass is 636 g/mol. The maximum absolute atomic E-state index is 6.59. The molecule has 0 saturated heterocycles. The number of benzene rings is 9. The third kappa shape index (κ3) is 3.85. The van der Waals surface area contributed by atoms with Gasteiger partial charge in [-0.15, -0.1) is 0 Å². The van der Waals surface area contributed by atoms with Crippen LogP contribution in [-0.2, 0) is 0 Å². The van der Waals surface area contributed by atoms with E-state index in [0.29, 0.717) is 0 Å². The van der Waals surface area contributed by atoms with Gasteiger partial charge in [-0.05, 0) is 96.7 Å². The minimum atomic E-state index is 0.879. The van der Waals surface area contributed by atoms with Crippen molar-refractivity contribution in [1.82, 2.24) is 0 Å². The summed E-state index contributed by atoms with van der Waals surface area (Å²) in [6.07, 6.45) is 0. The SMILES string of the molecule is c1ccc(-c2cc3cccc4c3c(c2-c2c3ccccc3c(-c3ccc5oc6ccccc6c5c3)c3ccccc23)-c2ccccc2O4)cc1. The van der Waals surface area contributed by atoms with Crippen LogP contribution in [0.4, 0.5) is 0 Å². The van der Waals surface area contributed by atoms with Crippen LogP contribution in [0.2, 0.25) is 0 Å². The predicted octanol–water partition coefficient (Wildman–Crippen LogP) is 13.8. The van der Waals surface area contributed by atoms with E-state index in [9.17, 15) is 0 Å². The molecular weight excluding hydrogens is 609 g/mol. The molecule has 1 aliphatic rings. The molecule has 0 amide bonds. The fourth-order valence-corrected chi connectivity index (χ4v) is 8.35. The van der Waals surface area contributed by atoms with Crippen molar-refractivity contribution in [2.24, 2.45) is 0 Å². The van der Waals surface area contributed by atoms with E-state index in [-0.39, 0.29) is 0 Å². The van der Waals surface area contributed by atoms with Crippen molar-refractivity contribution >= 4 is 54.3 Å². The fraction of sp³-hybridized carbons (Fsp3) is 0. The third-order valence-electron chi connectivity index (χ3n) is 10.4. The van der Waals surface area contributed by atoms with Gasteiger partial charge in [-0.2, -0.15) is 0 Å². The summed E-state index contributed by atoms with van der Waals surface area (Å²) in [6, 6.07) is 60.9. The molecule has 11 rings (SSSR count). The van der Waals surface area contributed by atoms with Crippen LogP contribution in [0.15, 0.2) is 174 Å². The molecule has 0 bridgehead atoms. The van der Waals surface area contributed by atoms with Crippen molar-refractivity contribution in [2.75, 3.05) is 0 Å². The van der Waals surface area contributed by atoms with E-state index in [1.165, 1.54) is 65.9 Å². The van der Waals surface area contributed by atoms with Gasteiger partial charge in [0.15, 0.2) is 0 Å². The average molecular weight is 637 g/mol. The number of para-hydroxylation sites is 2. The van der Waals surface area contributed by atoms with Crippen LogP contribution in [0.3, 0.4) is 0 Å². The lowest BCUT2D eigenvalue weighted by Crippen LogP contribution is -2.01. The molecule has 10 aromatic rings. The highest BCUT2D eigenvalue weighted by Gasteiger charge is 2.29. The molecule has 2 heteroatoms. The lowest BCUT2D eigenvalue weighted by Gasteiger charge is -2.28. The van der Waals surface area contributed by atoms with Gasteiger partial charge in [0.05, 0.1) is 0 Å². The molecule has 2 heterocycles. The Balaban J connectivity index is 1.33. The second kappa shape index (κ2) is 10.4. The molecule has 0 N–H and O–H groups in total. The smallest absolute Gasteiger partial charge is 0.135 e. The van der Waals surface area contributed by atoms with Crippen molar-refractivity contribution in [3.05, 3.63) is 170 Å². The van der Waals surface area contributed by atoms with Gasteiger partial charge >= 0.3 is 0 Å². The van der Waals surface area contributed by atoms with Crippen molar-refractivity contribution in [1.29, 1.82) is 0 Å². The highest BCUT2D eigenvalue weighted by molar-refractivity contribution is 6.27. The van der Waals surface area contributed by atoms with Gasteiger partial charge in [0.1, 0.15) is 22.7 Å². The molecule has 232 valence electrons. The number of hydrogen-bond donors (Lipinski definition) is 0. The van der Waals surface area contributed by atoms with Gasteiger partial charge < -0.3 is 9.15 Å².